The van der Waals surface area contributed by atoms with E-state index in [0.717, 1.165) is 25.4 Å². The van der Waals surface area contributed by atoms with Crippen LogP contribution in [0.15, 0.2) is 0 Å². The Hall–Kier alpha value is -1.07. The van der Waals surface area contributed by atoms with E-state index in [9.17, 15) is 0 Å². The average molecular weight is 280 g/mol. The number of hydrogen-bond acceptors (Lipinski definition) is 4. The molecule has 1 aromatic rings. The van der Waals surface area contributed by atoms with Crippen LogP contribution >= 0.6 is 0 Å². The smallest absolute Gasteiger partial charge is 0.131 e. The highest BCUT2D eigenvalue weighted by atomic mass is 16.5. The fraction of sp³-hybridized carbons (Fsp3) is 0.800. The van der Waals surface area contributed by atoms with Gasteiger partial charge in [0.15, 0.2) is 0 Å². The Kier molecular flexibility index (Phi) is 5.43. The average Bonchev–Trinajstić information content (AvgIpc) is 3.03. The summed E-state index contributed by atoms with van der Waals surface area (Å²) < 4.78 is 7.11. The van der Waals surface area contributed by atoms with E-state index in [2.05, 4.69) is 29.3 Å². The maximum absolute atomic E-state index is 5.08. The molecular weight excluding hydrogens is 252 g/mol. The lowest BCUT2D eigenvalue weighted by Crippen LogP contribution is -2.32. The molecule has 0 unspecified atom stereocenters. The number of ether oxygens (including phenoxy) is 1. The van der Waals surface area contributed by atoms with Gasteiger partial charge in [-0.3, -0.25) is 4.68 Å². The Balaban J connectivity index is 2.09. The van der Waals surface area contributed by atoms with E-state index in [1.165, 1.54) is 37.1 Å². The molecule has 0 bridgehead atoms. The van der Waals surface area contributed by atoms with Crippen LogP contribution in [-0.2, 0) is 18.3 Å². The van der Waals surface area contributed by atoms with Gasteiger partial charge < -0.3 is 15.0 Å². The summed E-state index contributed by atoms with van der Waals surface area (Å²) in [7, 11) is 5.99. The molecule has 0 spiro atoms. The van der Waals surface area contributed by atoms with Gasteiger partial charge in [-0.25, -0.2) is 0 Å². The highest BCUT2D eigenvalue weighted by molar-refractivity contribution is 5.50. The molecule has 5 heteroatoms. The van der Waals surface area contributed by atoms with E-state index < -0.39 is 0 Å². The largest absolute Gasteiger partial charge is 0.383 e. The summed E-state index contributed by atoms with van der Waals surface area (Å²) in [5.74, 6) is 1.26. The fourth-order valence-electron chi connectivity index (χ4n) is 3.19. The predicted octanol–water partition coefficient (Wildman–Crippen LogP) is 1.84. The molecule has 20 heavy (non-hydrogen) atoms. The van der Waals surface area contributed by atoms with Crippen LogP contribution in [0, 0.1) is 6.92 Å². The van der Waals surface area contributed by atoms with Gasteiger partial charge in [0.1, 0.15) is 5.82 Å². The molecule has 0 aliphatic heterocycles. The summed E-state index contributed by atoms with van der Waals surface area (Å²) in [6.45, 7) is 4.57. The highest BCUT2D eigenvalue weighted by Gasteiger charge is 2.25. The molecule has 1 aliphatic carbocycles. The second-order valence-corrected chi connectivity index (χ2v) is 5.73. The first-order chi connectivity index (χ1) is 9.65. The van der Waals surface area contributed by atoms with E-state index in [4.69, 9.17) is 4.74 Å². The summed E-state index contributed by atoms with van der Waals surface area (Å²) >= 11 is 0. The number of nitrogens with zero attached hydrogens (tertiary/aromatic N) is 3. The maximum atomic E-state index is 5.08. The molecule has 0 radical (unpaired) electrons. The van der Waals surface area contributed by atoms with Crippen LogP contribution in [0.5, 0.6) is 0 Å². The lowest BCUT2D eigenvalue weighted by atomic mass is 10.1. The van der Waals surface area contributed by atoms with E-state index in [1.807, 2.05) is 11.7 Å². The molecule has 1 aliphatic rings. The van der Waals surface area contributed by atoms with Crippen LogP contribution in [0.1, 0.15) is 36.9 Å². The third-order valence-electron chi connectivity index (χ3n) is 4.30. The summed E-state index contributed by atoms with van der Waals surface area (Å²) in [5, 5.41) is 8.04. The molecule has 2 rings (SSSR count). The SMILES string of the molecule is COCCNCc1c(C)nn(C)c1N(C)C1CCCC1. The van der Waals surface area contributed by atoms with Gasteiger partial charge in [0.25, 0.3) is 0 Å². The van der Waals surface area contributed by atoms with E-state index in [-0.39, 0.29) is 0 Å². The molecule has 0 atom stereocenters. The van der Waals surface area contributed by atoms with Crippen molar-refractivity contribution in [3.8, 4) is 0 Å². The number of anilines is 1. The summed E-state index contributed by atoms with van der Waals surface area (Å²) in [4.78, 5) is 2.43. The molecule has 5 nitrogen and oxygen atoms in total. The van der Waals surface area contributed by atoms with Crippen LogP contribution < -0.4 is 10.2 Å². The van der Waals surface area contributed by atoms with Crippen molar-refractivity contribution in [1.29, 1.82) is 0 Å². The van der Waals surface area contributed by atoms with Gasteiger partial charge in [-0.05, 0) is 19.8 Å². The van der Waals surface area contributed by atoms with Crippen LogP contribution in [0.4, 0.5) is 5.82 Å². The van der Waals surface area contributed by atoms with Crippen molar-refractivity contribution in [1.82, 2.24) is 15.1 Å². The minimum Gasteiger partial charge on any atom is -0.383 e. The molecule has 1 aromatic heterocycles. The molecular formula is C15H28N4O. The van der Waals surface area contributed by atoms with Crippen molar-refractivity contribution in [2.75, 3.05) is 32.2 Å². The standard InChI is InChI=1S/C15H28N4O/c1-12-14(11-16-9-10-20-4)15(19(3)17-12)18(2)13-7-5-6-8-13/h13,16H,5-11H2,1-4H3. The normalized spacial score (nSPS) is 16.0. The monoisotopic (exact) mass is 280 g/mol. The topological polar surface area (TPSA) is 42.3 Å². The number of rotatable bonds is 7. The van der Waals surface area contributed by atoms with E-state index in [1.54, 1.807) is 7.11 Å². The van der Waals surface area contributed by atoms with E-state index >= 15 is 0 Å². The lowest BCUT2D eigenvalue weighted by Gasteiger charge is -2.27. The summed E-state index contributed by atoms with van der Waals surface area (Å²) in [6, 6.07) is 0.669. The first kappa shape index (κ1) is 15.3. The number of methoxy groups -OCH3 is 1. The molecule has 1 fully saturated rings. The number of nitrogens with one attached hydrogen (secondary N) is 1. The quantitative estimate of drug-likeness (QED) is 0.774. The Morgan fingerprint density at radius 2 is 2.10 bits per heavy atom. The molecule has 114 valence electrons. The lowest BCUT2D eigenvalue weighted by molar-refractivity contribution is 0.199. The van der Waals surface area contributed by atoms with Crippen LogP contribution in [0.2, 0.25) is 0 Å². The van der Waals surface area contributed by atoms with Gasteiger partial charge in [0.05, 0.1) is 12.3 Å². The third-order valence-corrected chi connectivity index (χ3v) is 4.30. The maximum Gasteiger partial charge on any atom is 0.131 e. The van der Waals surface area contributed by atoms with Crippen molar-refractivity contribution in [2.24, 2.45) is 7.05 Å². The van der Waals surface area contributed by atoms with Crippen molar-refractivity contribution in [2.45, 2.75) is 45.2 Å². The molecule has 1 N–H and O–H groups in total. The van der Waals surface area contributed by atoms with Crippen molar-refractivity contribution in [3.05, 3.63) is 11.3 Å². The third kappa shape index (κ3) is 3.33. The van der Waals surface area contributed by atoms with Gasteiger partial charge in [-0.15, -0.1) is 0 Å². The van der Waals surface area contributed by atoms with Crippen LogP contribution in [0.25, 0.3) is 0 Å². The molecule has 0 amide bonds. The van der Waals surface area contributed by atoms with Gasteiger partial charge in [-0.1, -0.05) is 12.8 Å². The van der Waals surface area contributed by atoms with Crippen molar-refractivity contribution in [3.63, 3.8) is 0 Å². The number of aromatic nitrogens is 2. The second-order valence-electron chi connectivity index (χ2n) is 5.73. The van der Waals surface area contributed by atoms with Gasteiger partial charge in [0.2, 0.25) is 0 Å². The summed E-state index contributed by atoms with van der Waals surface area (Å²) in [6.07, 6.45) is 5.31. The van der Waals surface area contributed by atoms with Crippen molar-refractivity contribution < 1.29 is 4.74 Å². The second kappa shape index (κ2) is 7.09. The van der Waals surface area contributed by atoms with Gasteiger partial charge >= 0.3 is 0 Å². The Morgan fingerprint density at radius 1 is 1.40 bits per heavy atom. The highest BCUT2D eigenvalue weighted by Crippen LogP contribution is 2.30. The number of aryl methyl sites for hydroxylation is 2. The van der Waals surface area contributed by atoms with Crippen molar-refractivity contribution >= 4 is 5.82 Å². The predicted molar refractivity (Wildman–Crippen MR) is 82.2 cm³/mol. The molecule has 1 saturated carbocycles. The van der Waals surface area contributed by atoms with E-state index in [0.29, 0.717) is 6.04 Å². The zero-order valence-corrected chi connectivity index (χ0v) is 13.3. The minimum atomic E-state index is 0.669. The minimum absolute atomic E-state index is 0.669. The fourth-order valence-corrected chi connectivity index (χ4v) is 3.19. The Bertz CT molecular complexity index is 424. The summed E-state index contributed by atoms with van der Waals surface area (Å²) in [5.41, 5.74) is 2.44. The van der Waals surface area contributed by atoms with Crippen LogP contribution in [-0.4, -0.2) is 43.1 Å². The van der Waals surface area contributed by atoms with Crippen LogP contribution in [0.3, 0.4) is 0 Å². The first-order valence-electron chi connectivity index (χ1n) is 7.60. The van der Waals surface area contributed by atoms with Gasteiger partial charge in [-0.2, -0.15) is 5.10 Å². The Labute approximate surface area is 122 Å². The number of hydrogen-bond donors (Lipinski definition) is 1. The zero-order chi connectivity index (χ0) is 14.5. The Morgan fingerprint density at radius 3 is 2.75 bits per heavy atom. The first-order valence-corrected chi connectivity index (χ1v) is 7.60. The molecule has 0 aromatic carbocycles. The van der Waals surface area contributed by atoms with Gasteiger partial charge in [0, 0.05) is 45.9 Å². The zero-order valence-electron chi connectivity index (χ0n) is 13.3. The molecule has 0 saturated heterocycles. The molecule has 1 heterocycles.